The van der Waals surface area contributed by atoms with Gasteiger partial charge in [0.05, 0.1) is 6.54 Å². The number of carbonyl (C=O) groups excluding carboxylic acids is 3. The monoisotopic (exact) mass is 302 g/mol. The van der Waals surface area contributed by atoms with Gasteiger partial charge in [-0.2, -0.15) is 0 Å². The molecule has 0 aliphatic rings. The van der Waals surface area contributed by atoms with Gasteiger partial charge in [0.2, 0.25) is 5.91 Å². The van der Waals surface area contributed by atoms with E-state index in [0.717, 1.165) is 18.4 Å². The Morgan fingerprint density at radius 3 is 2.73 bits per heavy atom. The van der Waals surface area contributed by atoms with Gasteiger partial charge in [0.1, 0.15) is 6.29 Å². The van der Waals surface area contributed by atoms with Crippen LogP contribution in [0.2, 0.25) is 0 Å². The Labute approximate surface area is 131 Å². The maximum Gasteiger partial charge on any atom is 0.251 e. The molecular formula is C17H22N2O3. The van der Waals surface area contributed by atoms with Crippen molar-refractivity contribution >= 4 is 24.2 Å². The topological polar surface area (TPSA) is 66.5 Å². The summed E-state index contributed by atoms with van der Waals surface area (Å²) in [5.41, 5.74) is 1.43. The van der Waals surface area contributed by atoms with Gasteiger partial charge in [0.15, 0.2) is 0 Å². The van der Waals surface area contributed by atoms with Crippen molar-refractivity contribution in [3.63, 3.8) is 0 Å². The van der Waals surface area contributed by atoms with E-state index in [9.17, 15) is 14.4 Å². The highest BCUT2D eigenvalue weighted by molar-refractivity contribution is 5.95. The van der Waals surface area contributed by atoms with Crippen molar-refractivity contribution in [1.29, 1.82) is 0 Å². The Hall–Kier alpha value is -2.43. The molecule has 2 amide bonds. The normalized spacial score (nSPS) is 10.5. The van der Waals surface area contributed by atoms with Crippen LogP contribution in [-0.4, -0.2) is 43.6 Å². The number of allylic oxidation sites excluding steroid dienone is 1. The fourth-order valence-electron chi connectivity index (χ4n) is 1.83. The van der Waals surface area contributed by atoms with E-state index < -0.39 is 0 Å². The van der Waals surface area contributed by atoms with Crippen molar-refractivity contribution in [3.8, 4) is 0 Å². The molecule has 0 radical (unpaired) electrons. The molecule has 0 saturated carbocycles. The van der Waals surface area contributed by atoms with Gasteiger partial charge >= 0.3 is 0 Å². The lowest BCUT2D eigenvalue weighted by Crippen LogP contribution is -2.25. The number of unbranched alkanes of at least 4 members (excludes halogenated alkanes) is 1. The molecule has 0 atom stereocenters. The molecule has 1 aromatic carbocycles. The first-order chi connectivity index (χ1) is 10.5. The van der Waals surface area contributed by atoms with Crippen molar-refractivity contribution in [2.75, 3.05) is 20.6 Å². The Morgan fingerprint density at radius 2 is 2.05 bits per heavy atom. The maximum absolute atomic E-state index is 11.7. The minimum atomic E-state index is -0.265. The third kappa shape index (κ3) is 6.35. The number of benzene rings is 1. The lowest BCUT2D eigenvalue weighted by atomic mass is 10.1. The predicted molar refractivity (Wildman–Crippen MR) is 86.4 cm³/mol. The van der Waals surface area contributed by atoms with Gasteiger partial charge in [-0.3, -0.25) is 9.59 Å². The van der Waals surface area contributed by atoms with Crippen LogP contribution in [0.4, 0.5) is 0 Å². The highest BCUT2D eigenvalue weighted by Gasteiger charge is 2.04. The van der Waals surface area contributed by atoms with Gasteiger partial charge in [-0.25, -0.2) is 0 Å². The zero-order chi connectivity index (χ0) is 16.4. The van der Waals surface area contributed by atoms with Gasteiger partial charge in [-0.15, -0.1) is 0 Å². The fraction of sp³-hybridized carbons (Fsp3) is 0.353. The molecule has 0 bridgehead atoms. The number of aldehydes is 1. The van der Waals surface area contributed by atoms with E-state index >= 15 is 0 Å². The van der Waals surface area contributed by atoms with E-state index in [2.05, 4.69) is 5.32 Å². The first-order valence-corrected chi connectivity index (χ1v) is 7.23. The predicted octanol–water partition coefficient (Wildman–Crippen LogP) is 1.89. The Bertz CT molecular complexity index is 551. The summed E-state index contributed by atoms with van der Waals surface area (Å²) in [6.07, 6.45) is 6.71. The van der Waals surface area contributed by atoms with E-state index in [1.165, 1.54) is 0 Å². The highest BCUT2D eigenvalue weighted by atomic mass is 16.2. The van der Waals surface area contributed by atoms with E-state index in [4.69, 9.17) is 0 Å². The van der Waals surface area contributed by atoms with Gasteiger partial charge in [0, 0.05) is 26.1 Å². The summed E-state index contributed by atoms with van der Waals surface area (Å²) in [6.45, 7) is 0.0127. The molecule has 0 saturated heterocycles. The van der Waals surface area contributed by atoms with Crippen molar-refractivity contribution in [2.45, 2.75) is 19.3 Å². The lowest BCUT2D eigenvalue weighted by molar-refractivity contribution is -0.128. The van der Waals surface area contributed by atoms with E-state index in [1.54, 1.807) is 37.2 Å². The number of rotatable bonds is 8. The molecule has 0 heterocycles. The summed E-state index contributed by atoms with van der Waals surface area (Å²) in [5, 5.41) is 2.50. The SMILES string of the molecule is CN(C)C(=O)CCC/C=C\c1cccc(C(=O)NCC=O)c1. The molecule has 0 unspecified atom stereocenters. The third-order valence-corrected chi connectivity index (χ3v) is 3.07. The molecule has 1 rings (SSSR count). The first-order valence-electron chi connectivity index (χ1n) is 7.23. The van der Waals surface area contributed by atoms with Crippen LogP contribution < -0.4 is 5.32 Å². The minimum absolute atomic E-state index is 0.0127. The van der Waals surface area contributed by atoms with Crippen LogP contribution in [-0.2, 0) is 9.59 Å². The maximum atomic E-state index is 11.7. The number of nitrogens with zero attached hydrogens (tertiary/aromatic N) is 1. The summed E-state index contributed by atoms with van der Waals surface area (Å²) in [7, 11) is 3.50. The Kier molecular flexibility index (Phi) is 7.61. The number of hydrogen-bond donors (Lipinski definition) is 1. The van der Waals surface area contributed by atoms with Gasteiger partial charge in [-0.05, 0) is 30.5 Å². The molecule has 0 aliphatic carbocycles. The minimum Gasteiger partial charge on any atom is -0.349 e. The van der Waals surface area contributed by atoms with Crippen LogP contribution in [0.5, 0.6) is 0 Å². The average molecular weight is 302 g/mol. The molecule has 0 aliphatic heterocycles. The largest absolute Gasteiger partial charge is 0.349 e. The van der Waals surface area contributed by atoms with E-state index in [0.29, 0.717) is 18.3 Å². The molecule has 0 aromatic heterocycles. The highest BCUT2D eigenvalue weighted by Crippen LogP contribution is 2.09. The zero-order valence-electron chi connectivity index (χ0n) is 13.0. The fourth-order valence-corrected chi connectivity index (χ4v) is 1.83. The van der Waals surface area contributed by atoms with Gasteiger partial charge in [-0.1, -0.05) is 24.3 Å². The third-order valence-electron chi connectivity index (χ3n) is 3.07. The van der Waals surface area contributed by atoms with Crippen LogP contribution in [0.1, 0.15) is 35.2 Å². The molecule has 0 spiro atoms. The van der Waals surface area contributed by atoms with Crippen LogP contribution in [0.25, 0.3) is 6.08 Å². The smallest absolute Gasteiger partial charge is 0.251 e. The number of amides is 2. The standard InChI is InChI=1S/C17H22N2O3/c1-19(2)16(21)10-5-3-4-7-14-8-6-9-15(13-14)17(22)18-11-12-20/h4,6-9,12-13H,3,5,10-11H2,1-2H3,(H,18,22)/b7-4-. The van der Waals surface area contributed by atoms with Gasteiger partial charge in [0.25, 0.3) is 5.91 Å². The summed E-state index contributed by atoms with van der Waals surface area (Å²) in [5.74, 6) is -0.138. The Morgan fingerprint density at radius 1 is 1.27 bits per heavy atom. The average Bonchev–Trinajstić information content (AvgIpc) is 2.52. The van der Waals surface area contributed by atoms with Crippen molar-refractivity contribution in [2.24, 2.45) is 0 Å². The molecule has 22 heavy (non-hydrogen) atoms. The van der Waals surface area contributed by atoms with Crippen LogP contribution >= 0.6 is 0 Å². The summed E-state index contributed by atoms with van der Waals surface area (Å²) < 4.78 is 0. The second kappa shape index (κ2) is 9.50. The molecule has 0 fully saturated rings. The molecule has 5 nitrogen and oxygen atoms in total. The molecule has 5 heteroatoms. The van der Waals surface area contributed by atoms with Crippen LogP contribution in [0, 0.1) is 0 Å². The van der Waals surface area contributed by atoms with Gasteiger partial charge < -0.3 is 15.0 Å². The number of carbonyl (C=O) groups is 3. The molecule has 1 aromatic rings. The summed E-state index contributed by atoms with van der Waals surface area (Å²) in [4.78, 5) is 35.0. The molecule has 1 N–H and O–H groups in total. The molecular weight excluding hydrogens is 280 g/mol. The number of nitrogens with one attached hydrogen (secondary N) is 1. The number of hydrogen-bond acceptors (Lipinski definition) is 3. The van der Waals surface area contributed by atoms with Crippen molar-refractivity contribution in [3.05, 3.63) is 41.5 Å². The first kappa shape index (κ1) is 17.6. The lowest BCUT2D eigenvalue weighted by Gasteiger charge is -2.08. The van der Waals surface area contributed by atoms with Crippen LogP contribution in [0.3, 0.4) is 0 Å². The summed E-state index contributed by atoms with van der Waals surface area (Å²) >= 11 is 0. The Balaban J connectivity index is 2.48. The van der Waals surface area contributed by atoms with E-state index in [-0.39, 0.29) is 18.4 Å². The quantitative estimate of drug-likeness (QED) is 0.589. The van der Waals surface area contributed by atoms with Crippen LogP contribution in [0.15, 0.2) is 30.3 Å². The van der Waals surface area contributed by atoms with Crippen molar-refractivity contribution < 1.29 is 14.4 Å². The van der Waals surface area contributed by atoms with Crippen molar-refractivity contribution in [1.82, 2.24) is 10.2 Å². The zero-order valence-corrected chi connectivity index (χ0v) is 13.0. The summed E-state index contributed by atoms with van der Waals surface area (Å²) in [6, 6.07) is 7.16. The second-order valence-electron chi connectivity index (χ2n) is 5.08. The van der Waals surface area contributed by atoms with E-state index in [1.807, 2.05) is 18.2 Å². The second-order valence-corrected chi connectivity index (χ2v) is 5.08. The molecule has 118 valence electrons.